The van der Waals surface area contributed by atoms with Crippen LogP contribution >= 0.6 is 11.6 Å². The molecular weight excluding hydrogens is 728 g/mol. The number of aromatic nitrogens is 4. The number of rotatable bonds is 7. The van der Waals surface area contributed by atoms with Gasteiger partial charge in [0.25, 0.3) is 0 Å². The third-order valence-electron chi connectivity index (χ3n) is 9.91. The third-order valence-corrected chi connectivity index (χ3v) is 10.2. The molecule has 1 fully saturated rings. The van der Waals surface area contributed by atoms with Crippen LogP contribution in [0.15, 0.2) is 72.8 Å². The second-order valence-corrected chi connectivity index (χ2v) is 13.7. The molecule has 0 atom stereocenters. The third kappa shape index (κ3) is 8.27. The van der Waals surface area contributed by atoms with Crippen molar-refractivity contribution in [3.8, 4) is 0 Å². The van der Waals surface area contributed by atoms with Crippen LogP contribution in [0.2, 0.25) is 0 Å². The van der Waals surface area contributed by atoms with Crippen LogP contribution in [0.25, 0.3) is 22.1 Å². The highest BCUT2D eigenvalue weighted by Gasteiger charge is 2.33. The number of nitrogens with zero attached hydrogens (tertiary/aromatic N) is 3. The Kier molecular flexibility index (Phi) is 13.4. The number of fused-ring (bicyclic) bond motifs is 8. The van der Waals surface area contributed by atoms with Crippen LogP contribution in [-0.2, 0) is 17.2 Å². The number of carbonyl (C=O) groups is 4. The normalized spacial score (nSPS) is 13.9. The van der Waals surface area contributed by atoms with Gasteiger partial charge in [0.05, 0.1) is 34.6 Å². The van der Waals surface area contributed by atoms with E-state index < -0.39 is 0 Å². The molecule has 290 valence electrons. The fourth-order valence-corrected chi connectivity index (χ4v) is 7.09. The lowest BCUT2D eigenvalue weighted by Gasteiger charge is -2.17. The summed E-state index contributed by atoms with van der Waals surface area (Å²) in [6, 6.07) is 20.8. The molecule has 1 saturated heterocycles. The van der Waals surface area contributed by atoms with Gasteiger partial charge in [0.1, 0.15) is 22.7 Å². The molecule has 3 heterocycles. The number of carbonyl (C=O) groups excluding carboxylic acids is 4. The van der Waals surface area contributed by atoms with E-state index in [1.807, 2.05) is 6.07 Å². The van der Waals surface area contributed by atoms with Gasteiger partial charge in [-0.25, -0.2) is 9.97 Å². The number of alkyl halides is 1. The van der Waals surface area contributed by atoms with Crippen LogP contribution in [0.3, 0.4) is 0 Å². The first-order valence-corrected chi connectivity index (χ1v) is 19.8. The average Bonchev–Trinajstić information content (AvgIpc) is 4.04. The maximum atomic E-state index is 13.0. The van der Waals surface area contributed by atoms with Gasteiger partial charge < -0.3 is 20.0 Å². The van der Waals surface area contributed by atoms with Gasteiger partial charge >= 0.3 is 0 Å². The van der Waals surface area contributed by atoms with Crippen molar-refractivity contribution in [1.82, 2.24) is 30.2 Å². The molecular formula is C44H47ClN6O5. The van der Waals surface area contributed by atoms with E-state index in [1.165, 1.54) is 12.8 Å². The Hall–Kier alpha value is -5.33. The van der Waals surface area contributed by atoms with Crippen molar-refractivity contribution in [2.24, 2.45) is 0 Å². The SMILES string of the molecule is C1CCOC1.CCN(CC)Cc1nc2c3c(ccc2[nH]1)C(=O)c1ccccc1C3=O.CCNCC.O=C1c2ccccc2C(=O)c2c1ccc1[nH]c(CCl)nc21. The maximum absolute atomic E-state index is 13.0. The van der Waals surface area contributed by atoms with Gasteiger partial charge in [-0.1, -0.05) is 76.2 Å². The van der Waals surface area contributed by atoms with Crippen molar-refractivity contribution in [1.29, 1.82) is 0 Å². The van der Waals surface area contributed by atoms with Crippen molar-refractivity contribution >= 4 is 56.8 Å². The molecule has 3 N–H and O–H groups in total. The van der Waals surface area contributed by atoms with Crippen LogP contribution in [-0.4, -0.2) is 87.4 Å². The summed E-state index contributed by atoms with van der Waals surface area (Å²) >= 11 is 5.78. The standard InChI is InChI=1S/C20H19N3O2.C16H9ClN2O2.C4H11N.C4H8O/c1-3-23(4-2)11-16-21-15-10-9-14-17(18(15)22-16)20(25)13-8-6-5-7-12(13)19(14)24;17-7-12-18-11-6-5-10-13(14(11)19-12)16(21)9-4-2-1-3-8(9)15(10)20;1-3-5-4-2;1-2-4-5-3-1/h5-10H,3-4,11H2,1-2H3,(H,21,22);1-6H,7H2,(H,18,19);5H,3-4H2,1-2H3;1-4H2. The Morgan fingerprint density at radius 1 is 0.607 bits per heavy atom. The predicted molar refractivity (Wildman–Crippen MR) is 219 cm³/mol. The molecule has 1 aliphatic heterocycles. The van der Waals surface area contributed by atoms with E-state index in [9.17, 15) is 19.2 Å². The molecule has 2 aliphatic carbocycles. The fourth-order valence-electron chi connectivity index (χ4n) is 6.97. The molecule has 12 heteroatoms. The van der Waals surface area contributed by atoms with Crippen LogP contribution in [0, 0.1) is 0 Å². The van der Waals surface area contributed by atoms with E-state index in [0.29, 0.717) is 73.4 Å². The summed E-state index contributed by atoms with van der Waals surface area (Å²) in [7, 11) is 0. The Morgan fingerprint density at radius 3 is 1.41 bits per heavy atom. The predicted octanol–water partition coefficient (Wildman–Crippen LogP) is 7.67. The quantitative estimate of drug-likeness (QED) is 0.139. The molecule has 9 rings (SSSR count). The first-order valence-electron chi connectivity index (χ1n) is 19.2. The van der Waals surface area contributed by atoms with E-state index in [1.54, 1.807) is 66.7 Å². The summed E-state index contributed by atoms with van der Waals surface area (Å²) in [4.78, 5) is 68.6. The highest BCUT2D eigenvalue weighted by molar-refractivity contribution is 6.32. The van der Waals surface area contributed by atoms with E-state index in [0.717, 1.165) is 50.7 Å². The molecule has 3 aliphatic rings. The minimum absolute atomic E-state index is 0.111. The lowest BCUT2D eigenvalue weighted by molar-refractivity contribution is 0.0980. The first kappa shape index (κ1) is 40.3. The molecule has 4 aromatic carbocycles. The van der Waals surface area contributed by atoms with Crippen molar-refractivity contribution in [2.75, 3.05) is 39.4 Å². The number of ether oxygens (including phenoxy) is 1. The van der Waals surface area contributed by atoms with Gasteiger partial charge in [-0.15, -0.1) is 11.6 Å². The van der Waals surface area contributed by atoms with Crippen molar-refractivity contribution in [3.05, 3.63) is 129 Å². The fraction of sp³-hybridized carbons (Fsp3) is 0.318. The largest absolute Gasteiger partial charge is 0.381 e. The van der Waals surface area contributed by atoms with Crippen LogP contribution in [0.1, 0.15) is 116 Å². The van der Waals surface area contributed by atoms with Gasteiger partial charge in [0.2, 0.25) is 0 Å². The van der Waals surface area contributed by atoms with Gasteiger partial charge in [-0.05, 0) is 63.3 Å². The number of benzene rings is 4. The van der Waals surface area contributed by atoms with E-state index in [4.69, 9.17) is 16.3 Å². The van der Waals surface area contributed by atoms with E-state index in [2.05, 4.69) is 57.8 Å². The number of ketones is 4. The lowest BCUT2D eigenvalue weighted by atomic mass is 9.83. The molecule has 56 heavy (non-hydrogen) atoms. The van der Waals surface area contributed by atoms with E-state index >= 15 is 0 Å². The zero-order valence-corrected chi connectivity index (χ0v) is 33.0. The summed E-state index contributed by atoms with van der Waals surface area (Å²) in [6.07, 6.45) is 2.56. The van der Waals surface area contributed by atoms with Gasteiger partial charge in [-0.2, -0.15) is 0 Å². The molecule has 2 aromatic heterocycles. The van der Waals surface area contributed by atoms with Crippen molar-refractivity contribution in [3.63, 3.8) is 0 Å². The first-order chi connectivity index (χ1) is 27.3. The van der Waals surface area contributed by atoms with Crippen LogP contribution in [0.5, 0.6) is 0 Å². The number of hydrogen-bond donors (Lipinski definition) is 3. The average molecular weight is 775 g/mol. The number of hydrogen-bond acceptors (Lipinski definition) is 9. The molecule has 6 aromatic rings. The van der Waals surface area contributed by atoms with Crippen molar-refractivity contribution < 1.29 is 23.9 Å². The summed E-state index contributed by atoms with van der Waals surface area (Å²) in [5.41, 5.74) is 6.04. The Bertz CT molecular complexity index is 2380. The summed E-state index contributed by atoms with van der Waals surface area (Å²) in [5.74, 6) is 1.07. The van der Waals surface area contributed by atoms with E-state index in [-0.39, 0.29) is 29.0 Å². The van der Waals surface area contributed by atoms with Crippen molar-refractivity contribution in [2.45, 2.75) is 53.0 Å². The number of nitrogens with one attached hydrogen (secondary N) is 3. The molecule has 0 amide bonds. The van der Waals surface area contributed by atoms with Gasteiger partial charge in [-0.3, -0.25) is 24.1 Å². The summed E-state index contributed by atoms with van der Waals surface area (Å²) in [6.45, 7) is 15.1. The smallest absolute Gasteiger partial charge is 0.196 e. The molecule has 0 unspecified atom stereocenters. The van der Waals surface area contributed by atoms with Crippen LogP contribution < -0.4 is 5.32 Å². The minimum atomic E-state index is -0.168. The molecule has 11 nitrogen and oxygen atoms in total. The second-order valence-electron chi connectivity index (χ2n) is 13.4. The highest BCUT2D eigenvalue weighted by Crippen LogP contribution is 2.33. The number of imidazole rings is 2. The number of halogens is 1. The van der Waals surface area contributed by atoms with Gasteiger partial charge in [0.15, 0.2) is 23.1 Å². The minimum Gasteiger partial charge on any atom is -0.381 e. The van der Waals surface area contributed by atoms with Gasteiger partial charge in [0, 0.05) is 46.6 Å². The zero-order chi connectivity index (χ0) is 39.8. The zero-order valence-electron chi connectivity index (χ0n) is 32.3. The molecule has 0 saturated carbocycles. The number of aromatic amines is 2. The Labute approximate surface area is 331 Å². The number of H-pyrrole nitrogens is 2. The Morgan fingerprint density at radius 2 is 1.04 bits per heavy atom. The molecule has 0 radical (unpaired) electrons. The highest BCUT2D eigenvalue weighted by atomic mass is 35.5. The Balaban J connectivity index is 0.000000154. The van der Waals surface area contributed by atoms with Crippen LogP contribution in [0.4, 0.5) is 0 Å². The molecule has 0 bridgehead atoms. The topological polar surface area (TPSA) is 150 Å². The summed E-state index contributed by atoms with van der Waals surface area (Å²) < 4.78 is 4.94. The second kappa shape index (κ2) is 18.5. The molecule has 0 spiro atoms. The summed E-state index contributed by atoms with van der Waals surface area (Å²) in [5, 5.41) is 3.11. The lowest BCUT2D eigenvalue weighted by Crippen LogP contribution is -2.22. The monoisotopic (exact) mass is 774 g/mol. The maximum Gasteiger partial charge on any atom is 0.196 e.